The van der Waals surface area contributed by atoms with E-state index in [4.69, 9.17) is 5.11 Å². The van der Waals surface area contributed by atoms with Gasteiger partial charge in [-0.05, 0) is 19.8 Å². The Labute approximate surface area is 77.5 Å². The molecule has 4 nitrogen and oxygen atoms in total. The first-order valence-electron chi connectivity index (χ1n) is 4.55. The first kappa shape index (κ1) is 10.2. The molecular formula is C9H15NO3. The summed E-state index contributed by atoms with van der Waals surface area (Å²) < 4.78 is 0. The van der Waals surface area contributed by atoms with Gasteiger partial charge in [-0.1, -0.05) is 0 Å². The maximum atomic E-state index is 10.8. The molecule has 0 atom stereocenters. The number of aliphatic carboxylic acids is 1. The summed E-state index contributed by atoms with van der Waals surface area (Å²) in [5.74, 6) is -0.688. The Morgan fingerprint density at radius 2 is 2.08 bits per heavy atom. The van der Waals surface area contributed by atoms with Gasteiger partial charge >= 0.3 is 5.97 Å². The standard InChI is InChI=1S/C9H15NO3/c1-7(11)6-10(8-2-3-8)5-4-9(12)13/h8H,2-6H2,1H3,(H,12,13). The van der Waals surface area contributed by atoms with Crippen molar-refractivity contribution in [2.75, 3.05) is 13.1 Å². The maximum absolute atomic E-state index is 10.8. The predicted molar refractivity (Wildman–Crippen MR) is 47.5 cm³/mol. The van der Waals surface area contributed by atoms with Crippen LogP contribution in [0.4, 0.5) is 0 Å². The number of rotatable bonds is 6. The Balaban J connectivity index is 2.29. The molecular weight excluding hydrogens is 170 g/mol. The van der Waals surface area contributed by atoms with Crippen LogP contribution in [0.1, 0.15) is 26.2 Å². The molecule has 4 heteroatoms. The Morgan fingerprint density at radius 1 is 1.46 bits per heavy atom. The molecule has 0 spiro atoms. The topological polar surface area (TPSA) is 57.6 Å². The first-order chi connectivity index (χ1) is 6.09. The molecule has 0 unspecified atom stereocenters. The lowest BCUT2D eigenvalue weighted by atomic mass is 10.3. The average molecular weight is 185 g/mol. The summed E-state index contributed by atoms with van der Waals surface area (Å²) in [5, 5.41) is 8.49. The van der Waals surface area contributed by atoms with Crippen molar-refractivity contribution in [3.05, 3.63) is 0 Å². The van der Waals surface area contributed by atoms with Crippen molar-refractivity contribution in [2.24, 2.45) is 0 Å². The highest BCUT2D eigenvalue weighted by Gasteiger charge is 2.29. The molecule has 13 heavy (non-hydrogen) atoms. The van der Waals surface area contributed by atoms with Crippen molar-refractivity contribution in [1.29, 1.82) is 0 Å². The number of carbonyl (C=O) groups excluding carboxylic acids is 1. The van der Waals surface area contributed by atoms with Gasteiger partial charge in [0.25, 0.3) is 0 Å². The van der Waals surface area contributed by atoms with Crippen LogP contribution >= 0.6 is 0 Å². The van der Waals surface area contributed by atoms with Crippen LogP contribution in [0.15, 0.2) is 0 Å². The summed E-state index contributed by atoms with van der Waals surface area (Å²) in [7, 11) is 0. The van der Waals surface area contributed by atoms with Gasteiger partial charge in [0.1, 0.15) is 5.78 Å². The maximum Gasteiger partial charge on any atom is 0.304 e. The third kappa shape index (κ3) is 4.03. The van der Waals surface area contributed by atoms with Crippen molar-refractivity contribution in [2.45, 2.75) is 32.2 Å². The predicted octanol–water partition coefficient (Wildman–Crippen LogP) is 0.514. The fraction of sp³-hybridized carbons (Fsp3) is 0.778. The van der Waals surface area contributed by atoms with Gasteiger partial charge in [0.15, 0.2) is 0 Å². The first-order valence-corrected chi connectivity index (χ1v) is 4.55. The van der Waals surface area contributed by atoms with Gasteiger partial charge in [-0.15, -0.1) is 0 Å². The number of carbonyl (C=O) groups is 2. The second-order valence-electron chi connectivity index (χ2n) is 3.55. The number of Topliss-reactive ketones (excluding diaryl/α,β-unsaturated/α-hetero) is 1. The zero-order valence-corrected chi connectivity index (χ0v) is 7.82. The highest BCUT2D eigenvalue weighted by molar-refractivity contribution is 5.77. The lowest BCUT2D eigenvalue weighted by Gasteiger charge is -2.18. The van der Waals surface area contributed by atoms with Crippen LogP contribution in [0.2, 0.25) is 0 Å². The molecule has 0 aromatic rings. The monoisotopic (exact) mass is 185 g/mol. The van der Waals surface area contributed by atoms with E-state index in [1.807, 2.05) is 4.90 Å². The minimum absolute atomic E-state index is 0.109. The molecule has 0 radical (unpaired) electrons. The van der Waals surface area contributed by atoms with Crippen LogP contribution in [0, 0.1) is 0 Å². The van der Waals surface area contributed by atoms with Crippen LogP contribution in [0.25, 0.3) is 0 Å². The molecule has 1 aliphatic rings. The van der Waals surface area contributed by atoms with Crippen molar-refractivity contribution in [3.63, 3.8) is 0 Å². The van der Waals surface area contributed by atoms with Crippen LogP contribution < -0.4 is 0 Å². The van der Waals surface area contributed by atoms with Gasteiger partial charge in [-0.25, -0.2) is 0 Å². The van der Waals surface area contributed by atoms with Crippen LogP contribution in [-0.4, -0.2) is 40.9 Å². The smallest absolute Gasteiger partial charge is 0.304 e. The van der Waals surface area contributed by atoms with E-state index in [0.717, 1.165) is 12.8 Å². The zero-order valence-electron chi connectivity index (χ0n) is 7.82. The van der Waals surface area contributed by atoms with Crippen LogP contribution in [-0.2, 0) is 9.59 Å². The summed E-state index contributed by atoms with van der Waals surface area (Å²) in [5.41, 5.74) is 0. The summed E-state index contributed by atoms with van der Waals surface area (Å²) in [6.07, 6.45) is 2.34. The Morgan fingerprint density at radius 3 is 2.46 bits per heavy atom. The Hall–Kier alpha value is -0.900. The molecule has 0 amide bonds. The summed E-state index contributed by atoms with van der Waals surface area (Å²) >= 11 is 0. The van der Waals surface area contributed by atoms with Gasteiger partial charge in [-0.3, -0.25) is 14.5 Å². The van der Waals surface area contributed by atoms with Crippen LogP contribution in [0.3, 0.4) is 0 Å². The second-order valence-corrected chi connectivity index (χ2v) is 3.55. The van der Waals surface area contributed by atoms with Gasteiger partial charge in [0.2, 0.25) is 0 Å². The number of carboxylic acids is 1. The average Bonchev–Trinajstić information content (AvgIpc) is 2.78. The molecule has 1 saturated carbocycles. The highest BCUT2D eigenvalue weighted by atomic mass is 16.4. The van der Waals surface area contributed by atoms with Gasteiger partial charge < -0.3 is 5.11 Å². The minimum Gasteiger partial charge on any atom is -0.481 e. The molecule has 0 saturated heterocycles. The van der Waals surface area contributed by atoms with E-state index >= 15 is 0 Å². The fourth-order valence-corrected chi connectivity index (χ4v) is 1.36. The molecule has 0 aromatic heterocycles. The molecule has 0 aliphatic heterocycles. The van der Waals surface area contributed by atoms with E-state index in [1.165, 1.54) is 6.92 Å². The molecule has 0 bridgehead atoms. The number of nitrogens with zero attached hydrogens (tertiary/aromatic N) is 1. The molecule has 74 valence electrons. The Bertz CT molecular complexity index is 211. The summed E-state index contributed by atoms with van der Waals surface area (Å²) in [4.78, 5) is 23.1. The molecule has 1 rings (SSSR count). The Kier molecular flexibility index (Phi) is 3.42. The molecule has 1 fully saturated rings. The summed E-state index contributed by atoms with van der Waals surface area (Å²) in [6.45, 7) is 2.44. The highest BCUT2D eigenvalue weighted by Crippen LogP contribution is 2.26. The molecule has 1 aliphatic carbocycles. The van der Waals surface area contributed by atoms with E-state index in [0.29, 0.717) is 19.1 Å². The minimum atomic E-state index is -0.797. The second kappa shape index (κ2) is 4.37. The summed E-state index contributed by atoms with van der Waals surface area (Å²) in [6, 6.07) is 0.461. The molecule has 0 aromatic carbocycles. The van der Waals surface area contributed by atoms with Crippen molar-refractivity contribution >= 4 is 11.8 Å². The molecule has 1 N–H and O–H groups in total. The lowest BCUT2D eigenvalue weighted by molar-refractivity contribution is -0.137. The fourth-order valence-electron chi connectivity index (χ4n) is 1.36. The number of hydrogen-bond acceptors (Lipinski definition) is 3. The van der Waals surface area contributed by atoms with E-state index in [9.17, 15) is 9.59 Å². The zero-order chi connectivity index (χ0) is 9.84. The van der Waals surface area contributed by atoms with Crippen molar-refractivity contribution in [1.82, 2.24) is 4.90 Å². The SMILES string of the molecule is CC(=O)CN(CCC(=O)O)C1CC1. The van der Waals surface area contributed by atoms with E-state index in [1.54, 1.807) is 0 Å². The van der Waals surface area contributed by atoms with Crippen LogP contribution in [0.5, 0.6) is 0 Å². The largest absolute Gasteiger partial charge is 0.481 e. The number of ketones is 1. The third-order valence-electron chi connectivity index (χ3n) is 2.10. The third-order valence-corrected chi connectivity index (χ3v) is 2.10. The van der Waals surface area contributed by atoms with Crippen molar-refractivity contribution < 1.29 is 14.7 Å². The van der Waals surface area contributed by atoms with E-state index in [-0.39, 0.29) is 12.2 Å². The van der Waals surface area contributed by atoms with Crippen molar-refractivity contribution in [3.8, 4) is 0 Å². The number of carboxylic acid groups (broad SMARTS) is 1. The van der Waals surface area contributed by atoms with Gasteiger partial charge in [-0.2, -0.15) is 0 Å². The quantitative estimate of drug-likeness (QED) is 0.655. The normalized spacial score (nSPS) is 16.2. The van der Waals surface area contributed by atoms with Gasteiger partial charge in [0.05, 0.1) is 13.0 Å². The van der Waals surface area contributed by atoms with E-state index < -0.39 is 5.97 Å². The lowest BCUT2D eigenvalue weighted by Crippen LogP contribution is -2.32. The number of hydrogen-bond donors (Lipinski definition) is 1. The van der Waals surface area contributed by atoms with E-state index in [2.05, 4.69) is 0 Å². The molecule has 0 heterocycles. The van der Waals surface area contributed by atoms with Gasteiger partial charge in [0, 0.05) is 12.6 Å².